The second kappa shape index (κ2) is 9.69. The van der Waals surface area contributed by atoms with Crippen molar-refractivity contribution in [1.82, 2.24) is 24.8 Å². The molecule has 3 heterocycles. The number of carbonyl (C=O) groups is 3. The fourth-order valence-corrected chi connectivity index (χ4v) is 3.54. The third-order valence-electron chi connectivity index (χ3n) is 5.25. The molecule has 1 aliphatic rings. The number of imidazole rings is 1. The van der Waals surface area contributed by atoms with Crippen molar-refractivity contribution in [3.8, 4) is 5.69 Å². The lowest BCUT2D eigenvalue weighted by Crippen LogP contribution is -2.33. The molecule has 1 atom stereocenters. The lowest BCUT2D eigenvalue weighted by atomic mass is 10.2. The molecular formula is C23H23FN6O4. The minimum Gasteiger partial charge on any atom is -0.442 e. The quantitative estimate of drug-likeness (QED) is 0.571. The number of hydrogen-bond donors (Lipinski definition) is 1. The zero-order valence-corrected chi connectivity index (χ0v) is 18.6. The van der Waals surface area contributed by atoms with Crippen LogP contribution in [0.4, 0.5) is 14.9 Å². The predicted octanol–water partition coefficient (Wildman–Crippen LogP) is 2.14. The normalized spacial score (nSPS) is 15.2. The Balaban J connectivity index is 1.45. The molecule has 1 fully saturated rings. The molecule has 0 bridgehead atoms. The summed E-state index contributed by atoms with van der Waals surface area (Å²) in [6, 6.07) is 9.74. The summed E-state index contributed by atoms with van der Waals surface area (Å²) < 4.78 is 21.6. The maximum absolute atomic E-state index is 14.9. The Morgan fingerprint density at radius 1 is 1.26 bits per heavy atom. The smallest absolute Gasteiger partial charge is 0.414 e. The second-order valence-electron chi connectivity index (χ2n) is 7.84. The summed E-state index contributed by atoms with van der Waals surface area (Å²) in [5.74, 6) is -1.16. The van der Waals surface area contributed by atoms with Crippen molar-refractivity contribution in [2.45, 2.75) is 19.6 Å². The van der Waals surface area contributed by atoms with Gasteiger partial charge in [0.25, 0.3) is 5.91 Å². The number of hydrogen-bond acceptors (Lipinski definition) is 6. The van der Waals surface area contributed by atoms with E-state index in [9.17, 15) is 18.8 Å². The van der Waals surface area contributed by atoms with E-state index >= 15 is 0 Å². The van der Waals surface area contributed by atoms with Crippen LogP contribution < -0.4 is 10.2 Å². The Hall–Kier alpha value is -4.28. The van der Waals surface area contributed by atoms with Crippen molar-refractivity contribution in [3.05, 3.63) is 72.3 Å². The van der Waals surface area contributed by atoms with Gasteiger partial charge in [0.2, 0.25) is 5.91 Å². The van der Waals surface area contributed by atoms with Crippen molar-refractivity contribution in [3.63, 3.8) is 0 Å². The highest BCUT2D eigenvalue weighted by Crippen LogP contribution is 2.25. The van der Waals surface area contributed by atoms with Crippen LogP contribution in [0.15, 0.2) is 55.1 Å². The second-order valence-corrected chi connectivity index (χ2v) is 7.84. The molecule has 176 valence electrons. The first-order valence-corrected chi connectivity index (χ1v) is 10.5. The first kappa shape index (κ1) is 22.9. The van der Waals surface area contributed by atoms with Crippen LogP contribution in [0, 0.1) is 5.82 Å². The number of nitrogens with zero attached hydrogens (tertiary/aromatic N) is 5. The van der Waals surface area contributed by atoms with E-state index < -0.39 is 18.0 Å². The number of halogens is 1. The van der Waals surface area contributed by atoms with E-state index in [-0.39, 0.29) is 36.3 Å². The molecule has 3 amide bonds. The molecule has 0 radical (unpaired) electrons. The van der Waals surface area contributed by atoms with Crippen molar-refractivity contribution in [2.24, 2.45) is 0 Å². The monoisotopic (exact) mass is 466 g/mol. The van der Waals surface area contributed by atoms with Gasteiger partial charge in [-0.2, -0.15) is 0 Å². The Morgan fingerprint density at radius 2 is 2.09 bits per heavy atom. The van der Waals surface area contributed by atoms with Crippen molar-refractivity contribution < 1.29 is 23.5 Å². The van der Waals surface area contributed by atoms with E-state index in [4.69, 9.17) is 4.74 Å². The Bertz CT molecular complexity index is 1220. The van der Waals surface area contributed by atoms with Gasteiger partial charge < -0.3 is 19.5 Å². The van der Waals surface area contributed by atoms with E-state index in [2.05, 4.69) is 15.3 Å². The van der Waals surface area contributed by atoms with Crippen molar-refractivity contribution in [2.75, 3.05) is 25.0 Å². The molecule has 1 N–H and O–H groups in total. The van der Waals surface area contributed by atoms with Gasteiger partial charge in [0, 0.05) is 26.4 Å². The fraction of sp³-hybridized carbons (Fsp3) is 0.261. The number of cyclic esters (lactones) is 1. The van der Waals surface area contributed by atoms with Crippen molar-refractivity contribution >= 4 is 23.6 Å². The van der Waals surface area contributed by atoms with E-state index in [1.807, 2.05) is 12.1 Å². The molecule has 0 saturated carbocycles. The zero-order chi connectivity index (χ0) is 24.2. The highest BCUT2D eigenvalue weighted by atomic mass is 19.1. The summed E-state index contributed by atoms with van der Waals surface area (Å²) in [5, 5.41) is 2.59. The van der Waals surface area contributed by atoms with Gasteiger partial charge in [-0.1, -0.05) is 6.07 Å². The molecule has 2 aromatic heterocycles. The number of amides is 3. The summed E-state index contributed by atoms with van der Waals surface area (Å²) in [5.41, 5.74) is 1.39. The molecule has 1 unspecified atom stereocenters. The number of anilines is 1. The summed E-state index contributed by atoms with van der Waals surface area (Å²) in [6.45, 7) is 2.05. The predicted molar refractivity (Wildman–Crippen MR) is 120 cm³/mol. The van der Waals surface area contributed by atoms with E-state index in [0.717, 1.165) is 5.69 Å². The summed E-state index contributed by atoms with van der Waals surface area (Å²) >= 11 is 0. The lowest BCUT2D eigenvalue weighted by Gasteiger charge is -2.15. The van der Waals surface area contributed by atoms with Gasteiger partial charge in [0.15, 0.2) is 0 Å². The van der Waals surface area contributed by atoms with Gasteiger partial charge in [0.05, 0.1) is 36.7 Å². The van der Waals surface area contributed by atoms with Gasteiger partial charge in [-0.25, -0.2) is 14.2 Å². The van der Waals surface area contributed by atoms with Crippen LogP contribution in [0.3, 0.4) is 0 Å². The Labute approximate surface area is 195 Å². The molecule has 1 aliphatic heterocycles. The molecule has 34 heavy (non-hydrogen) atoms. The zero-order valence-electron chi connectivity index (χ0n) is 18.6. The summed E-state index contributed by atoms with van der Waals surface area (Å²) in [4.78, 5) is 47.1. The number of benzene rings is 1. The average molecular weight is 466 g/mol. The maximum Gasteiger partial charge on any atom is 0.414 e. The van der Waals surface area contributed by atoms with Crippen LogP contribution in [0.2, 0.25) is 0 Å². The van der Waals surface area contributed by atoms with E-state index in [1.165, 1.54) is 45.9 Å². The third kappa shape index (κ3) is 5.03. The standard InChI is InChI=1S/C23H23FN6O4/c1-15(31)26-10-18-12-30(23(33)34-18)17-6-7-21(19(24)9-17)29-13-20(27-14-29)22(32)28(2)11-16-5-3-4-8-25-16/h3-9,13-14,18H,10-12H2,1-2H3,(H,26,31). The summed E-state index contributed by atoms with van der Waals surface area (Å²) in [7, 11) is 1.64. The van der Waals surface area contributed by atoms with Gasteiger partial charge >= 0.3 is 6.09 Å². The van der Waals surface area contributed by atoms with Crippen LogP contribution in [0.5, 0.6) is 0 Å². The van der Waals surface area contributed by atoms with Gasteiger partial charge in [0.1, 0.15) is 23.9 Å². The SMILES string of the molecule is CC(=O)NCC1CN(c2ccc(-n3cnc(C(=O)N(C)Cc4ccccn4)c3)c(F)c2)C(=O)O1. The minimum atomic E-state index is -0.617. The van der Waals surface area contributed by atoms with Gasteiger partial charge in [-0.15, -0.1) is 0 Å². The maximum atomic E-state index is 14.9. The fourth-order valence-electron chi connectivity index (χ4n) is 3.54. The molecule has 10 nitrogen and oxygen atoms in total. The largest absolute Gasteiger partial charge is 0.442 e. The van der Waals surface area contributed by atoms with E-state index in [0.29, 0.717) is 12.2 Å². The number of ether oxygens (including phenoxy) is 1. The minimum absolute atomic E-state index is 0.158. The number of pyridine rings is 1. The number of aromatic nitrogens is 3. The molecule has 4 rings (SSSR count). The molecule has 11 heteroatoms. The van der Waals surface area contributed by atoms with Crippen molar-refractivity contribution in [1.29, 1.82) is 0 Å². The molecular weight excluding hydrogens is 443 g/mol. The van der Waals surface area contributed by atoms with Crippen LogP contribution in [0.25, 0.3) is 5.69 Å². The molecule has 3 aromatic rings. The van der Waals surface area contributed by atoms with Crippen LogP contribution >= 0.6 is 0 Å². The first-order chi connectivity index (χ1) is 16.3. The number of nitrogens with one attached hydrogen (secondary N) is 1. The number of rotatable bonds is 7. The Morgan fingerprint density at radius 3 is 2.79 bits per heavy atom. The molecule has 0 spiro atoms. The lowest BCUT2D eigenvalue weighted by molar-refractivity contribution is -0.119. The first-order valence-electron chi connectivity index (χ1n) is 10.5. The van der Waals surface area contributed by atoms with Crippen LogP contribution in [-0.2, 0) is 16.1 Å². The average Bonchev–Trinajstić information content (AvgIpc) is 3.44. The van der Waals surface area contributed by atoms with Gasteiger partial charge in [-0.05, 0) is 30.3 Å². The van der Waals surface area contributed by atoms with E-state index in [1.54, 1.807) is 25.4 Å². The molecule has 1 aromatic carbocycles. The summed E-state index contributed by atoms with van der Waals surface area (Å²) in [6.07, 6.45) is 3.31. The topological polar surface area (TPSA) is 110 Å². The van der Waals surface area contributed by atoms with Crippen LogP contribution in [0.1, 0.15) is 23.1 Å². The molecule has 0 aliphatic carbocycles. The highest BCUT2D eigenvalue weighted by molar-refractivity contribution is 5.92. The molecule has 1 saturated heterocycles. The third-order valence-corrected chi connectivity index (χ3v) is 5.25. The Kier molecular flexibility index (Phi) is 6.53. The van der Waals surface area contributed by atoms with Crippen LogP contribution in [-0.4, -0.2) is 63.6 Å². The highest BCUT2D eigenvalue weighted by Gasteiger charge is 2.32. The van der Waals surface area contributed by atoms with Gasteiger partial charge in [-0.3, -0.25) is 19.5 Å². The number of carbonyl (C=O) groups excluding carboxylic acids is 3.